The van der Waals surface area contributed by atoms with Gasteiger partial charge in [0.2, 0.25) is 10.0 Å². The Morgan fingerprint density at radius 1 is 1.08 bits per heavy atom. The molecule has 130 valence electrons. The first kappa shape index (κ1) is 16.3. The molecule has 0 radical (unpaired) electrons. The molecule has 2 atom stereocenters. The van der Waals surface area contributed by atoms with Gasteiger partial charge >= 0.3 is 0 Å². The van der Waals surface area contributed by atoms with Gasteiger partial charge in [-0.05, 0) is 31.0 Å². The third-order valence-electron chi connectivity index (χ3n) is 4.80. The minimum atomic E-state index is -3.44. The van der Waals surface area contributed by atoms with Crippen LogP contribution in [0.4, 0.5) is 0 Å². The number of hydrogen-bond acceptors (Lipinski definition) is 4. The van der Waals surface area contributed by atoms with Crippen molar-refractivity contribution < 1.29 is 8.42 Å². The zero-order valence-electron chi connectivity index (χ0n) is 14.1. The summed E-state index contributed by atoms with van der Waals surface area (Å²) >= 11 is 0. The Bertz CT molecular complexity index is 879. The summed E-state index contributed by atoms with van der Waals surface area (Å²) in [5, 5.41) is 6.48. The van der Waals surface area contributed by atoms with Crippen LogP contribution in [0, 0.1) is 6.92 Å². The van der Waals surface area contributed by atoms with Crippen molar-refractivity contribution in [3.63, 3.8) is 0 Å². The molecule has 2 saturated heterocycles. The van der Waals surface area contributed by atoms with Gasteiger partial charge < -0.3 is 0 Å². The molecular weight excluding hydrogens is 334 g/mol. The second-order valence-electron chi connectivity index (χ2n) is 6.60. The lowest BCUT2D eigenvalue weighted by molar-refractivity contribution is 0.262. The molecule has 0 N–H and O–H groups in total. The van der Waals surface area contributed by atoms with Gasteiger partial charge in [0.1, 0.15) is 0 Å². The lowest BCUT2D eigenvalue weighted by Crippen LogP contribution is -2.51. The summed E-state index contributed by atoms with van der Waals surface area (Å²) < 4.78 is 27.0. The van der Waals surface area contributed by atoms with Crippen molar-refractivity contribution in [1.29, 1.82) is 0 Å². The Balaban J connectivity index is 1.42. The maximum absolute atomic E-state index is 12.7. The van der Waals surface area contributed by atoms with Crippen molar-refractivity contribution in [3.05, 3.63) is 65.7 Å². The molecule has 2 fully saturated rings. The fraction of sp³-hybridized carbons (Fsp3) is 0.316. The van der Waals surface area contributed by atoms with Gasteiger partial charge in [-0.1, -0.05) is 48.0 Å². The molecule has 0 bridgehead atoms. The van der Waals surface area contributed by atoms with Gasteiger partial charge in [0.25, 0.3) is 0 Å². The standard InChI is InChI=1S/C19H21N3O2S/c1-15-7-9-18(10-8-15)25(23,24)22-12-11-17(22)13-20-21-14-19(21)16-5-3-2-4-6-16/h2-10,13,17,19H,11-12,14H2,1H3/b20-13+. The van der Waals surface area contributed by atoms with Crippen molar-refractivity contribution >= 4 is 16.2 Å². The van der Waals surface area contributed by atoms with E-state index in [0.29, 0.717) is 17.5 Å². The Labute approximate surface area is 148 Å². The number of nitrogens with zero attached hydrogens (tertiary/aromatic N) is 3. The molecular formula is C19H21N3O2S. The first-order chi connectivity index (χ1) is 12.1. The third kappa shape index (κ3) is 3.19. The second kappa shape index (κ2) is 6.28. The summed E-state index contributed by atoms with van der Waals surface area (Å²) in [5.74, 6) is 0. The highest BCUT2D eigenvalue weighted by molar-refractivity contribution is 7.89. The summed E-state index contributed by atoms with van der Waals surface area (Å²) in [6.45, 7) is 3.38. The minimum Gasteiger partial charge on any atom is -0.285 e. The molecule has 0 saturated carbocycles. The van der Waals surface area contributed by atoms with Crippen molar-refractivity contribution in [1.82, 2.24) is 9.31 Å². The lowest BCUT2D eigenvalue weighted by atomic mass is 10.1. The van der Waals surface area contributed by atoms with E-state index in [1.165, 1.54) is 9.87 Å². The molecule has 2 aliphatic rings. The lowest BCUT2D eigenvalue weighted by Gasteiger charge is -2.37. The number of hydrazone groups is 1. The maximum atomic E-state index is 12.7. The fourth-order valence-electron chi connectivity index (χ4n) is 3.05. The highest BCUT2D eigenvalue weighted by atomic mass is 32.2. The van der Waals surface area contributed by atoms with Crippen LogP contribution < -0.4 is 0 Å². The number of hydrogen-bond donors (Lipinski definition) is 0. The van der Waals surface area contributed by atoms with Crippen LogP contribution in [0.2, 0.25) is 0 Å². The molecule has 25 heavy (non-hydrogen) atoms. The normalized spacial score (nSPS) is 23.6. The van der Waals surface area contributed by atoms with E-state index in [1.807, 2.05) is 42.3 Å². The van der Waals surface area contributed by atoms with Gasteiger partial charge in [-0.25, -0.2) is 8.42 Å². The average Bonchev–Trinajstić information content (AvgIpc) is 3.34. The van der Waals surface area contributed by atoms with Crippen LogP contribution in [0.5, 0.6) is 0 Å². The molecule has 6 heteroatoms. The molecule has 2 heterocycles. The molecule has 0 aliphatic carbocycles. The van der Waals surface area contributed by atoms with E-state index in [9.17, 15) is 8.42 Å². The van der Waals surface area contributed by atoms with Crippen molar-refractivity contribution in [3.8, 4) is 0 Å². The summed E-state index contributed by atoms with van der Waals surface area (Å²) in [6.07, 6.45) is 2.59. The van der Waals surface area contributed by atoms with Crippen LogP contribution in [0.25, 0.3) is 0 Å². The van der Waals surface area contributed by atoms with Crippen LogP contribution >= 0.6 is 0 Å². The molecule has 2 aromatic rings. The Hall–Kier alpha value is -2.18. The summed E-state index contributed by atoms with van der Waals surface area (Å²) in [4.78, 5) is 0.352. The molecule has 2 aromatic carbocycles. The number of benzene rings is 2. The van der Waals surface area contributed by atoms with Crippen molar-refractivity contribution in [2.45, 2.75) is 30.3 Å². The van der Waals surface area contributed by atoms with Crippen LogP contribution in [0.3, 0.4) is 0 Å². The highest BCUT2D eigenvalue weighted by Crippen LogP contribution is 2.35. The Morgan fingerprint density at radius 2 is 1.80 bits per heavy atom. The second-order valence-corrected chi connectivity index (χ2v) is 8.49. The first-order valence-electron chi connectivity index (χ1n) is 8.50. The Morgan fingerprint density at radius 3 is 2.44 bits per heavy atom. The smallest absolute Gasteiger partial charge is 0.243 e. The van der Waals surface area contributed by atoms with E-state index in [4.69, 9.17) is 0 Å². The van der Waals surface area contributed by atoms with E-state index in [0.717, 1.165) is 18.5 Å². The third-order valence-corrected chi connectivity index (χ3v) is 6.74. The molecule has 0 amide bonds. The molecule has 0 spiro atoms. The zero-order chi connectivity index (χ0) is 17.4. The van der Waals surface area contributed by atoms with E-state index in [-0.39, 0.29) is 6.04 Å². The molecule has 2 aliphatic heterocycles. The van der Waals surface area contributed by atoms with Gasteiger partial charge in [0.05, 0.1) is 23.5 Å². The average molecular weight is 355 g/mol. The van der Waals surface area contributed by atoms with E-state index in [1.54, 1.807) is 18.3 Å². The summed E-state index contributed by atoms with van der Waals surface area (Å²) in [7, 11) is -3.44. The van der Waals surface area contributed by atoms with Gasteiger partial charge in [0.15, 0.2) is 0 Å². The van der Waals surface area contributed by atoms with Crippen LogP contribution in [0.15, 0.2) is 64.6 Å². The predicted molar refractivity (Wildman–Crippen MR) is 97.9 cm³/mol. The predicted octanol–water partition coefficient (Wildman–Crippen LogP) is 2.80. The summed E-state index contributed by atoms with van der Waals surface area (Å²) in [6, 6.07) is 17.4. The topological polar surface area (TPSA) is 52.8 Å². The molecule has 5 nitrogen and oxygen atoms in total. The van der Waals surface area contributed by atoms with Gasteiger partial charge in [-0.3, -0.25) is 5.01 Å². The first-order valence-corrected chi connectivity index (χ1v) is 9.94. The van der Waals surface area contributed by atoms with Gasteiger partial charge in [-0.2, -0.15) is 9.41 Å². The SMILES string of the molecule is Cc1ccc(S(=O)(=O)N2CCC2/C=N/N2CC2c2ccccc2)cc1. The largest absolute Gasteiger partial charge is 0.285 e. The van der Waals surface area contributed by atoms with E-state index in [2.05, 4.69) is 17.2 Å². The summed E-state index contributed by atoms with van der Waals surface area (Å²) in [5.41, 5.74) is 2.30. The van der Waals surface area contributed by atoms with Crippen molar-refractivity contribution in [2.24, 2.45) is 5.10 Å². The highest BCUT2D eigenvalue weighted by Gasteiger charge is 2.39. The Kier molecular flexibility index (Phi) is 4.09. The van der Waals surface area contributed by atoms with Crippen molar-refractivity contribution in [2.75, 3.05) is 13.1 Å². The van der Waals surface area contributed by atoms with Gasteiger partial charge in [-0.15, -0.1) is 0 Å². The molecule has 2 unspecified atom stereocenters. The molecule has 4 rings (SSSR count). The van der Waals surface area contributed by atoms with Gasteiger partial charge in [0, 0.05) is 12.8 Å². The number of rotatable bonds is 5. The zero-order valence-corrected chi connectivity index (χ0v) is 14.9. The number of aryl methyl sites for hydroxylation is 1. The minimum absolute atomic E-state index is 0.150. The van der Waals surface area contributed by atoms with Crippen LogP contribution in [0.1, 0.15) is 23.6 Å². The van der Waals surface area contributed by atoms with Crippen LogP contribution in [-0.2, 0) is 10.0 Å². The van der Waals surface area contributed by atoms with E-state index < -0.39 is 10.0 Å². The number of sulfonamides is 1. The van der Waals surface area contributed by atoms with E-state index >= 15 is 0 Å². The maximum Gasteiger partial charge on any atom is 0.243 e. The fourth-order valence-corrected chi connectivity index (χ4v) is 4.66. The molecule has 0 aromatic heterocycles. The quantitative estimate of drug-likeness (QED) is 0.612. The van der Waals surface area contributed by atoms with Crippen LogP contribution in [-0.4, -0.2) is 43.1 Å². The monoisotopic (exact) mass is 355 g/mol.